The molecule has 1 fully saturated rings. The fraction of sp³-hybridized carbons (Fsp3) is 0.409. The number of piperidine rings is 1. The molecule has 3 aromatic heterocycles. The second kappa shape index (κ2) is 8.11. The van der Waals surface area contributed by atoms with Gasteiger partial charge in [-0.3, -0.25) is 9.78 Å². The Hall–Kier alpha value is -3.09. The van der Waals surface area contributed by atoms with Crippen LogP contribution >= 0.6 is 0 Å². The molecule has 4 rings (SSSR count). The van der Waals surface area contributed by atoms with Crippen molar-refractivity contribution in [3.63, 3.8) is 0 Å². The molecule has 0 aliphatic carbocycles. The molecule has 3 aromatic rings. The van der Waals surface area contributed by atoms with Crippen LogP contribution in [-0.2, 0) is 0 Å². The second-order valence-corrected chi connectivity index (χ2v) is 7.68. The van der Waals surface area contributed by atoms with E-state index in [4.69, 9.17) is 4.98 Å². The van der Waals surface area contributed by atoms with Crippen molar-refractivity contribution in [3.8, 4) is 0 Å². The van der Waals surface area contributed by atoms with E-state index in [9.17, 15) is 4.79 Å². The van der Waals surface area contributed by atoms with E-state index in [-0.39, 0.29) is 17.8 Å². The summed E-state index contributed by atoms with van der Waals surface area (Å²) in [5.41, 5.74) is 3.48. The van der Waals surface area contributed by atoms with Crippen molar-refractivity contribution in [1.82, 2.24) is 25.3 Å². The van der Waals surface area contributed by atoms with Gasteiger partial charge in [-0.05, 0) is 63.3 Å². The summed E-state index contributed by atoms with van der Waals surface area (Å²) in [6.45, 7) is 7.80. The Balaban J connectivity index is 1.73. The Bertz CT molecular complexity index is 1030. The van der Waals surface area contributed by atoms with Crippen molar-refractivity contribution in [1.29, 1.82) is 0 Å². The Morgan fingerprint density at radius 1 is 1.14 bits per heavy atom. The van der Waals surface area contributed by atoms with E-state index in [1.807, 2.05) is 32.0 Å². The van der Waals surface area contributed by atoms with Gasteiger partial charge in [0.1, 0.15) is 5.82 Å². The minimum Gasteiger partial charge on any atom is -0.356 e. The molecule has 0 aromatic carbocycles. The molecule has 0 radical (unpaired) electrons. The molecular weight excluding hydrogens is 364 g/mol. The summed E-state index contributed by atoms with van der Waals surface area (Å²) in [5, 5.41) is 3.93. The van der Waals surface area contributed by atoms with Gasteiger partial charge in [-0.25, -0.2) is 15.0 Å². The van der Waals surface area contributed by atoms with Crippen LogP contribution in [0.4, 0.5) is 5.82 Å². The van der Waals surface area contributed by atoms with Gasteiger partial charge in [0, 0.05) is 31.2 Å². The zero-order chi connectivity index (χ0) is 20.4. The highest BCUT2D eigenvalue weighted by Crippen LogP contribution is 2.29. The van der Waals surface area contributed by atoms with Gasteiger partial charge in [-0.15, -0.1) is 0 Å². The number of hydrogen-bond donors (Lipinski definition) is 1. The van der Waals surface area contributed by atoms with Crippen LogP contribution in [0, 0.1) is 13.8 Å². The number of aryl methyl sites for hydroxylation is 2. The van der Waals surface area contributed by atoms with Crippen molar-refractivity contribution in [2.75, 3.05) is 18.0 Å². The summed E-state index contributed by atoms with van der Waals surface area (Å²) in [7, 11) is 0. The van der Waals surface area contributed by atoms with Crippen LogP contribution in [-0.4, -0.2) is 38.9 Å². The van der Waals surface area contributed by atoms with Gasteiger partial charge in [0.05, 0.1) is 11.4 Å². The fourth-order valence-electron chi connectivity index (χ4n) is 3.87. The van der Waals surface area contributed by atoms with Crippen LogP contribution in [0.5, 0.6) is 0 Å². The minimum absolute atomic E-state index is 0.159. The number of pyridine rings is 2. The van der Waals surface area contributed by atoms with Crippen LogP contribution in [0.3, 0.4) is 0 Å². The van der Waals surface area contributed by atoms with E-state index < -0.39 is 0 Å². The van der Waals surface area contributed by atoms with Crippen LogP contribution < -0.4 is 10.2 Å². The van der Waals surface area contributed by atoms with Gasteiger partial charge < -0.3 is 10.2 Å². The van der Waals surface area contributed by atoms with Crippen molar-refractivity contribution >= 4 is 22.8 Å². The highest BCUT2D eigenvalue weighted by Gasteiger charge is 2.22. The Kier molecular flexibility index (Phi) is 5.38. The maximum Gasteiger partial charge on any atom is 0.289 e. The third-order valence-corrected chi connectivity index (χ3v) is 5.36. The van der Waals surface area contributed by atoms with E-state index in [0.29, 0.717) is 5.65 Å². The number of rotatable bonds is 4. The first-order valence-electron chi connectivity index (χ1n) is 10.1. The lowest BCUT2D eigenvalue weighted by Crippen LogP contribution is -2.33. The molecule has 1 amide bonds. The predicted molar refractivity (Wildman–Crippen MR) is 113 cm³/mol. The number of carbonyl (C=O) groups excluding carboxylic acids is 1. The highest BCUT2D eigenvalue weighted by atomic mass is 16.2. The largest absolute Gasteiger partial charge is 0.356 e. The molecule has 1 saturated heterocycles. The number of fused-ring (bicyclic) bond motifs is 1. The number of nitrogens with zero attached hydrogens (tertiary/aromatic N) is 5. The van der Waals surface area contributed by atoms with Gasteiger partial charge in [0.25, 0.3) is 5.91 Å². The molecule has 0 bridgehead atoms. The average molecular weight is 390 g/mol. The zero-order valence-electron chi connectivity index (χ0n) is 17.1. The summed E-state index contributed by atoms with van der Waals surface area (Å²) >= 11 is 0. The molecule has 1 N–H and O–H groups in total. The molecular formula is C22H26N6O. The molecule has 150 valence electrons. The third-order valence-electron chi connectivity index (χ3n) is 5.36. The first-order chi connectivity index (χ1) is 14.0. The summed E-state index contributed by atoms with van der Waals surface area (Å²) in [6, 6.07) is 5.64. The van der Waals surface area contributed by atoms with E-state index in [0.717, 1.165) is 54.0 Å². The second-order valence-electron chi connectivity index (χ2n) is 7.68. The van der Waals surface area contributed by atoms with E-state index >= 15 is 0 Å². The molecule has 29 heavy (non-hydrogen) atoms. The molecule has 0 unspecified atom stereocenters. The summed E-state index contributed by atoms with van der Waals surface area (Å²) in [4.78, 5) is 33.2. The van der Waals surface area contributed by atoms with Gasteiger partial charge in [-0.1, -0.05) is 6.07 Å². The SMILES string of the molecule is Cc1cc(C)c2c(N3CCCCC3)nc(C(=O)N[C@H](C)c3cccnc3)nc2n1. The van der Waals surface area contributed by atoms with Crippen LogP contribution in [0.25, 0.3) is 11.0 Å². The molecule has 0 saturated carbocycles. The summed E-state index contributed by atoms with van der Waals surface area (Å²) in [5.74, 6) is 0.674. The molecule has 4 heterocycles. The first kappa shape index (κ1) is 19.2. The maximum absolute atomic E-state index is 13.0. The van der Waals surface area contributed by atoms with E-state index in [2.05, 4.69) is 32.1 Å². The van der Waals surface area contributed by atoms with Gasteiger partial charge in [-0.2, -0.15) is 0 Å². The molecule has 1 atom stereocenters. The van der Waals surface area contributed by atoms with Crippen molar-refractivity contribution in [3.05, 3.63) is 53.2 Å². The lowest BCUT2D eigenvalue weighted by atomic mass is 10.1. The Morgan fingerprint density at radius 3 is 2.66 bits per heavy atom. The summed E-state index contributed by atoms with van der Waals surface area (Å²) in [6.07, 6.45) is 6.95. The smallest absolute Gasteiger partial charge is 0.289 e. The van der Waals surface area contributed by atoms with Crippen molar-refractivity contribution in [2.45, 2.75) is 46.1 Å². The lowest BCUT2D eigenvalue weighted by molar-refractivity contribution is 0.0929. The minimum atomic E-state index is -0.303. The summed E-state index contributed by atoms with van der Waals surface area (Å²) < 4.78 is 0. The molecule has 7 heteroatoms. The molecule has 1 aliphatic rings. The number of aromatic nitrogens is 4. The van der Waals surface area contributed by atoms with Crippen LogP contribution in [0.1, 0.15) is 59.7 Å². The monoisotopic (exact) mass is 390 g/mol. The van der Waals surface area contributed by atoms with Crippen molar-refractivity contribution < 1.29 is 4.79 Å². The molecule has 1 aliphatic heterocycles. The molecule has 0 spiro atoms. The standard InChI is InChI=1S/C22H26N6O/c1-14-12-15(2)24-19-18(14)21(28-10-5-4-6-11-28)27-20(26-19)22(29)25-16(3)17-8-7-9-23-13-17/h7-9,12-13,16H,4-6,10-11H2,1-3H3,(H,25,29)/t16-/m1/s1. The lowest BCUT2D eigenvalue weighted by Gasteiger charge is -2.29. The zero-order valence-corrected chi connectivity index (χ0v) is 17.1. The predicted octanol–water partition coefficient (Wildman–Crippen LogP) is 3.52. The fourth-order valence-corrected chi connectivity index (χ4v) is 3.87. The Morgan fingerprint density at radius 2 is 1.93 bits per heavy atom. The van der Waals surface area contributed by atoms with Crippen LogP contribution in [0.2, 0.25) is 0 Å². The normalized spacial score (nSPS) is 15.3. The van der Waals surface area contributed by atoms with Gasteiger partial charge in [0.15, 0.2) is 5.65 Å². The number of nitrogens with one attached hydrogen (secondary N) is 1. The first-order valence-corrected chi connectivity index (χ1v) is 10.1. The highest BCUT2D eigenvalue weighted by molar-refractivity contribution is 5.97. The third kappa shape index (κ3) is 4.04. The Labute approximate surface area is 170 Å². The molecule has 7 nitrogen and oxygen atoms in total. The van der Waals surface area contributed by atoms with Crippen molar-refractivity contribution in [2.24, 2.45) is 0 Å². The maximum atomic E-state index is 13.0. The van der Waals surface area contributed by atoms with Gasteiger partial charge >= 0.3 is 0 Å². The van der Waals surface area contributed by atoms with E-state index in [1.165, 1.54) is 6.42 Å². The van der Waals surface area contributed by atoms with E-state index in [1.54, 1.807) is 12.4 Å². The number of amides is 1. The number of carbonyl (C=O) groups is 1. The average Bonchev–Trinajstić information content (AvgIpc) is 2.73. The number of hydrogen-bond acceptors (Lipinski definition) is 6. The topological polar surface area (TPSA) is 83.9 Å². The van der Waals surface area contributed by atoms with Crippen LogP contribution in [0.15, 0.2) is 30.6 Å². The number of anilines is 1. The van der Waals surface area contributed by atoms with Gasteiger partial charge in [0.2, 0.25) is 5.82 Å². The quantitative estimate of drug-likeness (QED) is 0.734.